The lowest BCUT2D eigenvalue weighted by molar-refractivity contribution is -0.379. The number of amides is 3. The van der Waals surface area contributed by atoms with Crippen molar-refractivity contribution in [3.8, 4) is 0 Å². The van der Waals surface area contributed by atoms with Gasteiger partial charge in [0.25, 0.3) is 5.79 Å². The summed E-state index contributed by atoms with van der Waals surface area (Å²) in [5.41, 5.74) is 9.45. The van der Waals surface area contributed by atoms with Gasteiger partial charge in [-0.15, -0.1) is 0 Å². The zero-order chi connectivity index (χ0) is 80.8. The fraction of sp³-hybridized carbons (Fsp3) is 0.729. The zero-order valence-electron chi connectivity index (χ0n) is 64.8. The molecule has 0 unspecified atom stereocenters. The Balaban J connectivity index is 2.16. The average molecular weight is 1540 g/mol. The number of methoxy groups -OCH3 is 1. The fourth-order valence-corrected chi connectivity index (χ4v) is 13.1. The van der Waals surface area contributed by atoms with E-state index in [1.165, 1.54) is 34.1 Å². The average Bonchev–Trinajstić information content (AvgIpc) is 0.739. The third kappa shape index (κ3) is 26.4. The maximum absolute atomic E-state index is 15.3. The van der Waals surface area contributed by atoms with Crippen LogP contribution in [0.3, 0.4) is 0 Å². The lowest BCUT2D eigenvalue weighted by Crippen LogP contribution is -2.72. The van der Waals surface area contributed by atoms with Crippen LogP contribution in [0, 0.1) is 0 Å². The van der Waals surface area contributed by atoms with Crippen molar-refractivity contribution in [2.24, 2.45) is 5.11 Å². The van der Waals surface area contributed by atoms with Gasteiger partial charge in [0.15, 0.2) is 51.4 Å². The first-order valence-electron chi connectivity index (χ1n) is 35.1. The molecule has 3 heterocycles. The number of carbonyl (C=O) groups is 13. The van der Waals surface area contributed by atoms with Gasteiger partial charge in [-0.1, -0.05) is 71.8 Å². The lowest BCUT2D eigenvalue weighted by atomic mass is 9.87. The number of hydrogen-bond donors (Lipinski definition) is 1. The van der Waals surface area contributed by atoms with Crippen LogP contribution < -0.4 is 5.32 Å². The van der Waals surface area contributed by atoms with Gasteiger partial charge in [0.05, 0.1) is 25.1 Å². The third-order valence-corrected chi connectivity index (χ3v) is 22.2. The van der Waals surface area contributed by atoms with Crippen molar-refractivity contribution in [2.75, 3.05) is 40.0 Å². The summed E-state index contributed by atoms with van der Waals surface area (Å²) in [4.78, 5) is 185. The van der Waals surface area contributed by atoms with Gasteiger partial charge < -0.3 is 90.4 Å². The molecule has 37 heteroatoms. The van der Waals surface area contributed by atoms with E-state index in [1.54, 1.807) is 53.8 Å². The van der Waals surface area contributed by atoms with Gasteiger partial charge in [-0.3, -0.25) is 52.8 Å². The number of benzene rings is 1. The highest BCUT2D eigenvalue weighted by Crippen LogP contribution is 2.45. The van der Waals surface area contributed by atoms with Crippen LogP contribution in [-0.2, 0) is 133 Å². The number of azide groups is 1. The minimum atomic E-state index is -3.26. The predicted octanol–water partition coefficient (Wildman–Crippen LogP) is 6.07. The summed E-state index contributed by atoms with van der Waals surface area (Å²) >= 11 is 0. The van der Waals surface area contributed by atoms with Crippen LogP contribution >= 0.6 is 0 Å². The molecule has 600 valence electrons. The first-order chi connectivity index (χ1) is 49.9. The molecule has 0 aliphatic carbocycles. The van der Waals surface area contributed by atoms with E-state index in [9.17, 15) is 58.3 Å². The quantitative estimate of drug-likeness (QED) is 0.0204. The molecule has 0 radical (unpaired) electrons. The van der Waals surface area contributed by atoms with Crippen LogP contribution in [0.25, 0.3) is 10.4 Å². The molecule has 3 aliphatic rings. The van der Waals surface area contributed by atoms with Gasteiger partial charge >= 0.3 is 65.8 Å². The van der Waals surface area contributed by atoms with E-state index in [1.807, 2.05) is 34.6 Å². The minimum absolute atomic E-state index is 0.203. The first kappa shape index (κ1) is 90.8. The first-order valence-corrected chi connectivity index (χ1v) is 38.0. The number of nitrogens with one attached hydrogen (secondary N) is 1. The molecule has 0 bridgehead atoms. The Morgan fingerprint density at radius 3 is 1.66 bits per heavy atom. The molecule has 36 nitrogen and oxygen atoms in total. The van der Waals surface area contributed by atoms with Crippen molar-refractivity contribution >= 4 is 85.9 Å². The van der Waals surface area contributed by atoms with Gasteiger partial charge in [0, 0.05) is 72.4 Å². The highest BCUT2D eigenvalue weighted by Gasteiger charge is 2.65. The van der Waals surface area contributed by atoms with E-state index in [4.69, 9.17) is 80.2 Å². The standard InChI is InChI=1S/C70H106N6O30Si/c1-22-46(23-2)75(52(85)32-76(47(24-3)25-4)67(89)105-68(13,14)15)33-53(86)93-36-51-56(96-42(10)82)59(55(73-74-71)64(99-51)106-107(20,21)69(16,17)18)102-65-62(101-63(87)45-29-27-26-28-30-45)61(58(98-44(12)84)50(100-65)35-92-39(7)79)104-70(66(88)90-19)31-48(94-40(8)80)54(72-37(5)77)60(103-70)57(97-43(11)83)49(95-41(9)81)34-91-38(6)78/h26-30,46-51,54-62,64-65H,22-25,31-36H2,1-21H3,(H,72,77)/t48-,49+,50+,51+,54+,55+,56-,57+,58-,59+,60+,61-,62+,64-,65-,70+/m0/s1. The molecule has 0 aromatic heterocycles. The molecular formula is C70H106N6O30Si. The summed E-state index contributed by atoms with van der Waals surface area (Å²) in [5.74, 6) is -16.1. The molecular weight excluding hydrogens is 1430 g/mol. The van der Waals surface area contributed by atoms with E-state index in [0.29, 0.717) is 25.7 Å². The maximum atomic E-state index is 15.3. The molecule has 0 spiro atoms. The van der Waals surface area contributed by atoms with E-state index in [2.05, 4.69) is 15.3 Å². The van der Waals surface area contributed by atoms with E-state index >= 15 is 9.59 Å². The largest absolute Gasteiger partial charge is 0.465 e. The molecule has 3 fully saturated rings. The van der Waals surface area contributed by atoms with Crippen molar-refractivity contribution in [1.82, 2.24) is 15.1 Å². The Labute approximate surface area is 623 Å². The highest BCUT2D eigenvalue weighted by molar-refractivity contribution is 6.74. The number of nitrogens with zero attached hydrogens (tertiary/aromatic N) is 5. The number of ether oxygens (including phenoxy) is 16. The van der Waals surface area contributed by atoms with Crippen molar-refractivity contribution in [1.29, 1.82) is 0 Å². The van der Waals surface area contributed by atoms with Gasteiger partial charge in [0.1, 0.15) is 81.2 Å². The summed E-state index contributed by atoms with van der Waals surface area (Å²) in [5, 5.41) is 5.97. The molecule has 3 saturated heterocycles. The van der Waals surface area contributed by atoms with Gasteiger partial charge in [-0.25, -0.2) is 14.4 Å². The van der Waals surface area contributed by atoms with Crippen LogP contribution in [0.4, 0.5) is 4.79 Å². The Morgan fingerprint density at radius 1 is 0.645 bits per heavy atom. The van der Waals surface area contributed by atoms with Crippen molar-refractivity contribution in [2.45, 2.75) is 290 Å². The predicted molar refractivity (Wildman–Crippen MR) is 371 cm³/mol. The maximum Gasteiger partial charge on any atom is 0.411 e. The van der Waals surface area contributed by atoms with Crippen LogP contribution in [0.5, 0.6) is 0 Å². The summed E-state index contributed by atoms with van der Waals surface area (Å²) in [7, 11) is -2.38. The summed E-state index contributed by atoms with van der Waals surface area (Å²) in [6.07, 6.45) is -27.1. The summed E-state index contributed by atoms with van der Waals surface area (Å²) in [6, 6.07) is 2.40. The second-order valence-corrected chi connectivity index (χ2v) is 33.0. The minimum Gasteiger partial charge on any atom is -0.465 e. The molecule has 3 aliphatic heterocycles. The Kier molecular flexibility index (Phi) is 34.4. The van der Waals surface area contributed by atoms with Gasteiger partial charge in [-0.05, 0) is 82.3 Å². The lowest BCUT2D eigenvalue weighted by Gasteiger charge is -2.52. The van der Waals surface area contributed by atoms with Crippen LogP contribution in [0.2, 0.25) is 18.1 Å². The topological polar surface area (TPSA) is 446 Å². The molecule has 0 saturated carbocycles. The molecule has 107 heavy (non-hydrogen) atoms. The van der Waals surface area contributed by atoms with Crippen LogP contribution in [0.15, 0.2) is 35.4 Å². The van der Waals surface area contributed by atoms with Crippen molar-refractivity contribution in [3.63, 3.8) is 0 Å². The van der Waals surface area contributed by atoms with Crippen molar-refractivity contribution < 1.29 is 143 Å². The number of carbonyl (C=O) groups excluding carboxylic acids is 13. The smallest absolute Gasteiger partial charge is 0.411 e. The number of esters is 10. The number of rotatable bonds is 34. The Hall–Kier alpha value is -8.58. The molecule has 1 aromatic rings. The summed E-state index contributed by atoms with van der Waals surface area (Å²) < 4.78 is 104. The van der Waals surface area contributed by atoms with Gasteiger partial charge in [0.2, 0.25) is 11.8 Å². The van der Waals surface area contributed by atoms with Gasteiger partial charge in [-0.2, -0.15) is 0 Å². The Bertz CT molecular complexity index is 3320. The molecule has 1 aromatic carbocycles. The molecule has 4 rings (SSSR count). The number of hydrogen-bond acceptors (Lipinski definition) is 31. The SMILES string of the molecule is CCC(CC)N(CC(=O)OC[C@H]1O[C@@H](O[Si](C)(C)C(C)(C)C)[C@H](N=[N+]=[N-])[C@@H](O[C@@H]2O[C@H](COC(C)=O)[C@H](OC(C)=O)[C@H](O[C@@]3(C(=O)OC)C[C@H](OC(C)=O)[C@@H](NC(C)=O)[C@H]([C@H](OC(C)=O)[C@@H](COC(C)=O)OC(C)=O)O3)[C@H]2OC(=O)c2ccccc2)[C@H]1OC(C)=O)C(=O)CN(C(=O)OC(C)(C)C)C(CC)CC. The molecule has 1 N–H and O–H groups in total. The van der Waals surface area contributed by atoms with E-state index < -0.39 is 246 Å². The summed E-state index contributed by atoms with van der Waals surface area (Å²) in [6.45, 7) is 25.2. The normalized spacial score (nSPS) is 24.9. The molecule has 16 atom stereocenters. The molecule has 3 amide bonds. The van der Waals surface area contributed by atoms with Crippen molar-refractivity contribution in [3.05, 3.63) is 46.3 Å². The second-order valence-electron chi connectivity index (χ2n) is 28.2. The van der Waals surface area contributed by atoms with Crippen LogP contribution in [0.1, 0.15) is 167 Å². The van der Waals surface area contributed by atoms with E-state index in [0.717, 1.165) is 62.5 Å². The third-order valence-electron chi connectivity index (χ3n) is 17.8. The highest BCUT2D eigenvalue weighted by atomic mass is 28.4. The van der Waals surface area contributed by atoms with Crippen LogP contribution in [-0.4, -0.2) is 251 Å². The monoisotopic (exact) mass is 1540 g/mol. The van der Waals surface area contributed by atoms with E-state index in [-0.39, 0.29) is 5.56 Å². The zero-order valence-corrected chi connectivity index (χ0v) is 65.8. The fourth-order valence-electron chi connectivity index (χ4n) is 12.0. The second kappa shape index (κ2) is 40.6. The Morgan fingerprint density at radius 2 is 1.18 bits per heavy atom.